The van der Waals surface area contributed by atoms with Gasteiger partial charge in [0.15, 0.2) is 11.5 Å². The fourth-order valence-electron chi connectivity index (χ4n) is 4.34. The molecule has 0 bridgehead atoms. The number of hydrogen-bond donors (Lipinski definition) is 1. The van der Waals surface area contributed by atoms with Gasteiger partial charge in [0.25, 0.3) is 0 Å². The first-order valence-electron chi connectivity index (χ1n) is 11.8. The van der Waals surface area contributed by atoms with Crippen LogP contribution in [0.15, 0.2) is 18.3 Å². The van der Waals surface area contributed by atoms with Gasteiger partial charge in [0.2, 0.25) is 0 Å². The fourth-order valence-corrected chi connectivity index (χ4v) is 4.59. The average molecular weight is 483 g/mol. The summed E-state index contributed by atoms with van der Waals surface area (Å²) in [6.07, 6.45) is 12.0. The molecule has 4 rings (SSSR count). The molecule has 1 aromatic carbocycles. The van der Waals surface area contributed by atoms with E-state index in [2.05, 4.69) is 34.6 Å². The molecule has 0 radical (unpaired) electrons. The molecule has 0 amide bonds. The number of methoxy groups -OCH3 is 1. The molecule has 0 aliphatic heterocycles. The molecule has 0 unspecified atom stereocenters. The maximum Gasteiger partial charge on any atom is 0.319 e. The standard InChI is InChI=1S/C26H31ClN4O3/c1-5-17-16-28-25-23(17)24(29-26(30-25)34-18-10-8-9-11-18)19-14-22(21(32-4)15-20(19)27)33-13-12-31(6-2)7-3/h1,14-16,18H,6-13H2,2-4H3,(H,28,29,30). The quantitative estimate of drug-likeness (QED) is 0.395. The zero-order valence-electron chi connectivity index (χ0n) is 20.0. The van der Waals surface area contributed by atoms with Crippen molar-refractivity contribution in [1.29, 1.82) is 0 Å². The predicted molar refractivity (Wildman–Crippen MR) is 135 cm³/mol. The van der Waals surface area contributed by atoms with Crippen LogP contribution in [-0.2, 0) is 0 Å². The number of aromatic amines is 1. The van der Waals surface area contributed by atoms with Crippen molar-refractivity contribution >= 4 is 22.6 Å². The number of hydrogen-bond acceptors (Lipinski definition) is 6. The maximum absolute atomic E-state index is 6.72. The summed E-state index contributed by atoms with van der Waals surface area (Å²) in [5, 5.41) is 1.20. The van der Waals surface area contributed by atoms with Crippen molar-refractivity contribution in [2.24, 2.45) is 0 Å². The van der Waals surface area contributed by atoms with Crippen molar-refractivity contribution in [2.75, 3.05) is 33.4 Å². The summed E-state index contributed by atoms with van der Waals surface area (Å²) in [7, 11) is 1.60. The van der Waals surface area contributed by atoms with Crippen molar-refractivity contribution in [3.8, 4) is 41.1 Å². The topological polar surface area (TPSA) is 72.5 Å². The van der Waals surface area contributed by atoms with E-state index < -0.39 is 0 Å². The van der Waals surface area contributed by atoms with Gasteiger partial charge < -0.3 is 24.1 Å². The number of benzene rings is 1. The van der Waals surface area contributed by atoms with E-state index in [0.29, 0.717) is 51.6 Å². The van der Waals surface area contributed by atoms with Gasteiger partial charge in [-0.3, -0.25) is 0 Å². The first kappa shape index (κ1) is 24.2. The van der Waals surface area contributed by atoms with Crippen molar-refractivity contribution < 1.29 is 14.2 Å². The van der Waals surface area contributed by atoms with Crippen LogP contribution in [0, 0.1) is 12.3 Å². The van der Waals surface area contributed by atoms with Gasteiger partial charge in [0.1, 0.15) is 18.4 Å². The number of rotatable bonds is 10. The molecular weight excluding hydrogens is 452 g/mol. The smallest absolute Gasteiger partial charge is 0.319 e. The van der Waals surface area contributed by atoms with E-state index in [4.69, 9.17) is 37.2 Å². The van der Waals surface area contributed by atoms with Gasteiger partial charge in [-0.2, -0.15) is 9.97 Å². The van der Waals surface area contributed by atoms with E-state index in [-0.39, 0.29) is 6.10 Å². The molecule has 1 fully saturated rings. The fraction of sp³-hybridized carbons (Fsp3) is 0.462. The van der Waals surface area contributed by atoms with Crippen LogP contribution >= 0.6 is 11.6 Å². The Hall–Kier alpha value is -2.95. The summed E-state index contributed by atoms with van der Waals surface area (Å²) >= 11 is 6.72. The van der Waals surface area contributed by atoms with Crippen molar-refractivity contribution in [3.63, 3.8) is 0 Å². The summed E-state index contributed by atoms with van der Waals surface area (Å²) in [6.45, 7) is 7.53. The monoisotopic (exact) mass is 482 g/mol. The molecule has 3 aromatic rings. The molecule has 0 saturated heterocycles. The van der Waals surface area contributed by atoms with Gasteiger partial charge in [-0.15, -0.1) is 6.42 Å². The Balaban J connectivity index is 1.75. The number of nitrogens with zero attached hydrogens (tertiary/aromatic N) is 3. The Morgan fingerprint density at radius 2 is 1.94 bits per heavy atom. The minimum Gasteiger partial charge on any atom is -0.493 e. The number of terminal acetylenes is 1. The summed E-state index contributed by atoms with van der Waals surface area (Å²) in [4.78, 5) is 14.8. The molecular formula is C26H31ClN4O3. The average Bonchev–Trinajstić information content (AvgIpc) is 3.51. The van der Waals surface area contributed by atoms with Crippen LogP contribution in [0.4, 0.5) is 0 Å². The summed E-state index contributed by atoms with van der Waals surface area (Å²) in [5.41, 5.74) is 2.56. The van der Waals surface area contributed by atoms with E-state index >= 15 is 0 Å². The Labute approximate surface area is 205 Å². The highest BCUT2D eigenvalue weighted by atomic mass is 35.5. The van der Waals surface area contributed by atoms with Crippen LogP contribution in [0.5, 0.6) is 17.5 Å². The van der Waals surface area contributed by atoms with E-state index in [0.717, 1.165) is 50.7 Å². The molecule has 1 saturated carbocycles. The largest absolute Gasteiger partial charge is 0.493 e. The molecule has 2 heterocycles. The van der Waals surface area contributed by atoms with Gasteiger partial charge >= 0.3 is 6.01 Å². The van der Waals surface area contributed by atoms with Gasteiger partial charge in [0.05, 0.1) is 28.8 Å². The zero-order valence-corrected chi connectivity index (χ0v) is 20.7. The highest BCUT2D eigenvalue weighted by Crippen LogP contribution is 2.41. The first-order valence-corrected chi connectivity index (χ1v) is 12.2. The third kappa shape index (κ3) is 5.08. The number of halogens is 1. The molecule has 1 aliphatic rings. The van der Waals surface area contributed by atoms with Gasteiger partial charge in [-0.1, -0.05) is 31.4 Å². The Morgan fingerprint density at radius 1 is 1.18 bits per heavy atom. The van der Waals surface area contributed by atoms with Crippen LogP contribution in [0.25, 0.3) is 22.3 Å². The van der Waals surface area contributed by atoms with Crippen molar-refractivity contribution in [3.05, 3.63) is 28.9 Å². The normalized spacial score (nSPS) is 14.0. The van der Waals surface area contributed by atoms with E-state index in [1.54, 1.807) is 19.4 Å². The van der Waals surface area contributed by atoms with E-state index in [1.165, 1.54) is 0 Å². The maximum atomic E-state index is 6.72. The lowest BCUT2D eigenvalue weighted by Crippen LogP contribution is -2.27. The number of ether oxygens (including phenoxy) is 3. The molecule has 8 heteroatoms. The summed E-state index contributed by atoms with van der Waals surface area (Å²) in [5.74, 6) is 3.87. The predicted octanol–water partition coefficient (Wildman–Crippen LogP) is 5.31. The second-order valence-electron chi connectivity index (χ2n) is 8.31. The van der Waals surface area contributed by atoms with Crippen LogP contribution < -0.4 is 14.2 Å². The first-order chi connectivity index (χ1) is 16.6. The van der Waals surface area contributed by atoms with Crippen molar-refractivity contribution in [2.45, 2.75) is 45.6 Å². The number of nitrogens with one attached hydrogen (secondary N) is 1. The second kappa shape index (κ2) is 11.0. The highest BCUT2D eigenvalue weighted by Gasteiger charge is 2.23. The summed E-state index contributed by atoms with van der Waals surface area (Å²) in [6, 6.07) is 3.92. The van der Waals surface area contributed by atoms with Gasteiger partial charge in [-0.25, -0.2) is 0 Å². The number of H-pyrrole nitrogens is 1. The third-order valence-electron chi connectivity index (χ3n) is 6.31. The van der Waals surface area contributed by atoms with Crippen LogP contribution in [0.3, 0.4) is 0 Å². The molecule has 180 valence electrons. The molecule has 0 atom stereocenters. The van der Waals surface area contributed by atoms with Crippen LogP contribution in [0.1, 0.15) is 45.1 Å². The molecule has 34 heavy (non-hydrogen) atoms. The van der Waals surface area contributed by atoms with Gasteiger partial charge in [0, 0.05) is 24.4 Å². The number of fused-ring (bicyclic) bond motifs is 1. The minimum atomic E-state index is 0.123. The van der Waals surface area contributed by atoms with E-state index in [1.807, 2.05) is 6.07 Å². The van der Waals surface area contributed by atoms with Crippen molar-refractivity contribution in [1.82, 2.24) is 19.9 Å². The number of aromatic nitrogens is 3. The van der Waals surface area contributed by atoms with E-state index in [9.17, 15) is 0 Å². The SMILES string of the molecule is C#Cc1c[nH]c2nc(OC3CCCC3)nc(-c3cc(OCCN(CC)CC)c(OC)cc3Cl)c12. The zero-order chi connectivity index (χ0) is 24.1. The van der Waals surface area contributed by atoms with Crippen LogP contribution in [-0.4, -0.2) is 59.3 Å². The molecule has 1 aliphatic carbocycles. The summed E-state index contributed by atoms with van der Waals surface area (Å²) < 4.78 is 17.8. The second-order valence-corrected chi connectivity index (χ2v) is 8.71. The van der Waals surface area contributed by atoms with Gasteiger partial charge in [-0.05, 0) is 44.8 Å². The molecule has 7 nitrogen and oxygen atoms in total. The Morgan fingerprint density at radius 3 is 2.62 bits per heavy atom. The lowest BCUT2D eigenvalue weighted by molar-refractivity contribution is 0.193. The lowest BCUT2D eigenvalue weighted by atomic mass is 10.1. The molecule has 2 aromatic heterocycles. The molecule has 1 N–H and O–H groups in total. The number of likely N-dealkylation sites (N-methyl/N-ethyl adjacent to an activating group) is 1. The van der Waals surface area contributed by atoms with Crippen LogP contribution in [0.2, 0.25) is 5.02 Å². The Kier molecular flexibility index (Phi) is 7.81. The third-order valence-corrected chi connectivity index (χ3v) is 6.62. The lowest BCUT2D eigenvalue weighted by Gasteiger charge is -2.19. The minimum absolute atomic E-state index is 0.123. The highest BCUT2D eigenvalue weighted by molar-refractivity contribution is 6.34. The Bertz CT molecular complexity index is 1180. The molecule has 0 spiro atoms.